The van der Waals surface area contributed by atoms with Crippen LogP contribution in [-0.4, -0.2) is 65.9 Å². The van der Waals surface area contributed by atoms with Gasteiger partial charge in [-0.25, -0.2) is 14.2 Å². The van der Waals surface area contributed by atoms with Gasteiger partial charge >= 0.3 is 12.2 Å². The second-order valence-corrected chi connectivity index (χ2v) is 9.44. The van der Waals surface area contributed by atoms with Gasteiger partial charge in [-0.2, -0.15) is 13.2 Å². The first-order valence-electron chi connectivity index (χ1n) is 11.6. The summed E-state index contributed by atoms with van der Waals surface area (Å²) in [4.78, 5) is 20.6. The van der Waals surface area contributed by atoms with Crippen LogP contribution in [0.4, 0.5) is 33.7 Å². The lowest BCUT2D eigenvalue weighted by atomic mass is 10.1. The number of alkyl halides is 3. The summed E-state index contributed by atoms with van der Waals surface area (Å²) in [6.45, 7) is 2.70. The van der Waals surface area contributed by atoms with Gasteiger partial charge in [-0.15, -0.1) is 0 Å². The summed E-state index contributed by atoms with van der Waals surface area (Å²) in [5, 5.41) is 2.67. The van der Waals surface area contributed by atoms with E-state index in [2.05, 4.69) is 15.2 Å². The summed E-state index contributed by atoms with van der Waals surface area (Å²) in [6, 6.07) is 3.83. The molecule has 3 aromatic rings. The number of aromatic nitrogens is 2. The van der Waals surface area contributed by atoms with Crippen molar-refractivity contribution in [2.24, 2.45) is 5.92 Å². The van der Waals surface area contributed by atoms with Gasteiger partial charge in [-0.1, -0.05) is 11.6 Å². The zero-order valence-corrected chi connectivity index (χ0v) is 19.9. The molecule has 12 heteroatoms. The van der Waals surface area contributed by atoms with Crippen LogP contribution in [0.15, 0.2) is 36.8 Å². The molecule has 7 nitrogen and oxygen atoms in total. The molecule has 5 rings (SSSR count). The lowest BCUT2D eigenvalue weighted by molar-refractivity contribution is -0.143. The molecule has 1 N–H and O–H groups in total. The predicted molar refractivity (Wildman–Crippen MR) is 128 cm³/mol. The van der Waals surface area contributed by atoms with E-state index in [0.29, 0.717) is 37.4 Å². The number of carbonyl (C=O) groups is 1. The van der Waals surface area contributed by atoms with Crippen molar-refractivity contribution in [2.75, 3.05) is 49.6 Å². The number of halogens is 5. The van der Waals surface area contributed by atoms with Crippen LogP contribution in [0.2, 0.25) is 5.02 Å². The molecule has 0 saturated carbocycles. The Kier molecular flexibility index (Phi) is 6.69. The number of morpholine rings is 1. The Morgan fingerprint density at radius 2 is 1.97 bits per heavy atom. The van der Waals surface area contributed by atoms with E-state index in [-0.39, 0.29) is 30.2 Å². The molecule has 2 aromatic heterocycles. The molecule has 2 aliphatic rings. The van der Waals surface area contributed by atoms with E-state index in [0.717, 1.165) is 17.4 Å². The van der Waals surface area contributed by atoms with Crippen molar-refractivity contribution < 1.29 is 27.1 Å². The molecule has 2 aliphatic heterocycles. The van der Waals surface area contributed by atoms with E-state index >= 15 is 0 Å². The number of pyridine rings is 1. The average molecular weight is 526 g/mol. The van der Waals surface area contributed by atoms with Gasteiger partial charge in [-0.05, 0) is 30.5 Å². The monoisotopic (exact) mass is 525 g/mol. The fraction of sp³-hybridized carbons (Fsp3) is 0.417. The van der Waals surface area contributed by atoms with Crippen molar-refractivity contribution >= 4 is 34.7 Å². The molecule has 0 spiro atoms. The molecule has 2 amide bonds. The number of imidazole rings is 1. The van der Waals surface area contributed by atoms with Gasteiger partial charge in [-0.3, -0.25) is 0 Å². The van der Waals surface area contributed by atoms with Crippen LogP contribution >= 0.6 is 11.6 Å². The number of urea groups is 1. The number of benzene rings is 1. The molecule has 4 heterocycles. The molecule has 0 unspecified atom stereocenters. The number of nitrogens with one attached hydrogen (secondary N) is 1. The Morgan fingerprint density at radius 3 is 2.72 bits per heavy atom. The molecular formula is C24H24ClF4N5O2. The molecule has 2 fully saturated rings. The van der Waals surface area contributed by atoms with Crippen molar-refractivity contribution in [1.82, 2.24) is 14.3 Å². The van der Waals surface area contributed by atoms with E-state index in [4.69, 9.17) is 16.3 Å². The topological polar surface area (TPSA) is 62.1 Å². The smallest absolute Gasteiger partial charge is 0.378 e. The van der Waals surface area contributed by atoms with Crippen LogP contribution in [0, 0.1) is 11.7 Å². The number of fused-ring (bicyclic) bond motifs is 1. The molecule has 1 atom stereocenters. The highest BCUT2D eigenvalue weighted by atomic mass is 35.5. The van der Waals surface area contributed by atoms with Crippen molar-refractivity contribution in [3.05, 3.63) is 47.6 Å². The zero-order chi connectivity index (χ0) is 25.4. The summed E-state index contributed by atoms with van der Waals surface area (Å²) >= 11 is 6.42. The van der Waals surface area contributed by atoms with E-state index < -0.39 is 30.4 Å². The minimum atomic E-state index is -4.29. The third kappa shape index (κ3) is 5.22. The first-order chi connectivity index (χ1) is 17.2. The molecule has 2 saturated heterocycles. The molecular weight excluding hydrogens is 502 g/mol. The Labute approximate surface area is 209 Å². The first-order valence-corrected chi connectivity index (χ1v) is 12.0. The Morgan fingerprint density at radius 1 is 1.19 bits per heavy atom. The fourth-order valence-corrected chi connectivity index (χ4v) is 5.03. The maximum atomic E-state index is 14.8. The maximum Gasteiger partial charge on any atom is 0.389 e. The molecule has 0 radical (unpaired) electrons. The zero-order valence-electron chi connectivity index (χ0n) is 19.2. The van der Waals surface area contributed by atoms with Gasteiger partial charge in [0.15, 0.2) is 5.65 Å². The third-order valence-electron chi connectivity index (χ3n) is 6.52. The number of ether oxygens (including phenoxy) is 1. The van der Waals surface area contributed by atoms with Crippen molar-refractivity contribution in [1.29, 1.82) is 0 Å². The second kappa shape index (κ2) is 9.78. The molecule has 0 bridgehead atoms. The number of hydrogen-bond acceptors (Lipinski definition) is 4. The summed E-state index contributed by atoms with van der Waals surface area (Å²) in [7, 11) is 0. The highest BCUT2D eigenvalue weighted by molar-refractivity contribution is 6.33. The summed E-state index contributed by atoms with van der Waals surface area (Å²) in [5.74, 6) is -1.40. The number of rotatable bonds is 4. The molecule has 1 aromatic carbocycles. The number of anilines is 2. The number of nitrogens with zero attached hydrogens (tertiary/aromatic N) is 4. The van der Waals surface area contributed by atoms with Gasteiger partial charge in [0.1, 0.15) is 5.82 Å². The number of hydrogen-bond donors (Lipinski definition) is 1. The SMILES string of the molecule is O=C(Nc1cc(-c2cc(N3CCOCC3)c3nccn3c2)c(Cl)cc1F)N1CC[C@@H](CC(F)(F)F)C1. The number of likely N-dealkylation sites (tertiary alicyclic amines) is 1. The highest BCUT2D eigenvalue weighted by Crippen LogP contribution is 2.36. The quantitative estimate of drug-likeness (QED) is 0.461. The van der Waals surface area contributed by atoms with Gasteiger partial charge in [0.2, 0.25) is 0 Å². The normalized spacial score (nSPS) is 18.8. The summed E-state index contributed by atoms with van der Waals surface area (Å²) < 4.78 is 60.2. The van der Waals surface area contributed by atoms with Gasteiger partial charge in [0.05, 0.1) is 29.6 Å². The van der Waals surface area contributed by atoms with Crippen molar-refractivity contribution in [2.45, 2.75) is 19.0 Å². The van der Waals surface area contributed by atoms with E-state index in [1.54, 1.807) is 12.4 Å². The first kappa shape index (κ1) is 24.6. The van der Waals surface area contributed by atoms with Crippen LogP contribution in [0.3, 0.4) is 0 Å². The minimum Gasteiger partial charge on any atom is -0.378 e. The predicted octanol–water partition coefficient (Wildman–Crippen LogP) is 5.44. The maximum absolute atomic E-state index is 14.8. The fourth-order valence-electron chi connectivity index (χ4n) is 4.77. The van der Waals surface area contributed by atoms with E-state index in [1.807, 2.05) is 16.7 Å². The minimum absolute atomic E-state index is 0.0341. The van der Waals surface area contributed by atoms with Gasteiger partial charge < -0.3 is 24.3 Å². The standard InChI is InChI=1S/C24H24ClF4N5O2/c25-18-11-19(26)20(31-23(35)34-3-1-15(13-34)12-24(27,28)29)10-17(18)16-9-21(32-5-7-36-8-6-32)22-30-2-4-33(22)14-16/h2,4,9-11,14-15H,1,3,5-8,12-13H2,(H,31,35)/t15-/m0/s1. The van der Waals surface area contributed by atoms with Crippen LogP contribution in [0.1, 0.15) is 12.8 Å². The molecule has 192 valence electrons. The molecule has 36 heavy (non-hydrogen) atoms. The second-order valence-electron chi connectivity index (χ2n) is 9.03. The number of amides is 2. The van der Waals surface area contributed by atoms with E-state index in [9.17, 15) is 22.4 Å². The van der Waals surface area contributed by atoms with E-state index in [1.165, 1.54) is 11.0 Å². The average Bonchev–Trinajstić information content (AvgIpc) is 3.49. The third-order valence-corrected chi connectivity index (χ3v) is 6.84. The molecule has 0 aliphatic carbocycles. The van der Waals surface area contributed by atoms with Crippen LogP contribution < -0.4 is 10.2 Å². The largest absolute Gasteiger partial charge is 0.389 e. The lowest BCUT2D eigenvalue weighted by Gasteiger charge is -2.29. The Bertz CT molecular complexity index is 1280. The summed E-state index contributed by atoms with van der Waals surface area (Å²) in [5.41, 5.74) is 2.72. The van der Waals surface area contributed by atoms with Crippen LogP contribution in [0.25, 0.3) is 16.8 Å². The van der Waals surface area contributed by atoms with Gasteiger partial charge in [0.25, 0.3) is 0 Å². The number of carbonyl (C=O) groups excluding carboxylic acids is 1. The lowest BCUT2D eigenvalue weighted by Crippen LogP contribution is -2.36. The van der Waals surface area contributed by atoms with Crippen LogP contribution in [-0.2, 0) is 4.74 Å². The van der Waals surface area contributed by atoms with Crippen LogP contribution in [0.5, 0.6) is 0 Å². The highest BCUT2D eigenvalue weighted by Gasteiger charge is 2.36. The Hall–Kier alpha value is -3.05. The Balaban J connectivity index is 1.41. The summed E-state index contributed by atoms with van der Waals surface area (Å²) in [6.07, 6.45) is 0.315. The van der Waals surface area contributed by atoms with Crippen molar-refractivity contribution in [3.8, 4) is 11.1 Å². The van der Waals surface area contributed by atoms with Crippen molar-refractivity contribution in [3.63, 3.8) is 0 Å². The van der Waals surface area contributed by atoms with Gasteiger partial charge in [0, 0.05) is 62.3 Å².